The predicted molar refractivity (Wildman–Crippen MR) is 121 cm³/mol. The van der Waals surface area contributed by atoms with Gasteiger partial charge < -0.3 is 24.8 Å². The number of H-pyrrole nitrogens is 1. The molecule has 2 aliphatic rings. The summed E-state index contributed by atoms with van der Waals surface area (Å²) in [4.78, 5) is 8.39. The fourth-order valence-corrected chi connectivity index (χ4v) is 4.66. The van der Waals surface area contributed by atoms with Crippen molar-refractivity contribution in [2.45, 2.75) is 25.3 Å². The Morgan fingerprint density at radius 1 is 1.03 bits per heavy atom. The number of ether oxygens (including phenoxy) is 1. The summed E-state index contributed by atoms with van der Waals surface area (Å²) >= 11 is 0. The van der Waals surface area contributed by atoms with Gasteiger partial charge in [-0.25, -0.2) is 0 Å². The fourth-order valence-electron chi connectivity index (χ4n) is 4.66. The Hall–Kier alpha value is -2.50. The summed E-state index contributed by atoms with van der Waals surface area (Å²) in [7, 11) is 4.39. The van der Waals surface area contributed by atoms with Gasteiger partial charge in [-0.3, -0.25) is 0 Å². The molecule has 0 spiro atoms. The number of aromatic amines is 1. The SMILES string of the molecule is CN(C)C1CCc2[nH]c3ccc(Nc4ccc(N5CCOCC5)cc4)cc3c2C1. The number of likely N-dealkylation sites (N-methyl/N-ethyl adjacent to an activating group) is 1. The van der Waals surface area contributed by atoms with Crippen molar-refractivity contribution >= 4 is 28.0 Å². The zero-order valence-electron chi connectivity index (χ0n) is 17.4. The van der Waals surface area contributed by atoms with Gasteiger partial charge in [0.05, 0.1) is 13.2 Å². The van der Waals surface area contributed by atoms with Gasteiger partial charge in [0.25, 0.3) is 0 Å². The van der Waals surface area contributed by atoms with Gasteiger partial charge in [0, 0.05) is 52.8 Å². The number of nitrogens with zero attached hydrogens (tertiary/aromatic N) is 2. The second-order valence-corrected chi connectivity index (χ2v) is 8.47. The van der Waals surface area contributed by atoms with Crippen molar-refractivity contribution in [1.29, 1.82) is 0 Å². The lowest BCUT2D eigenvalue weighted by Crippen LogP contribution is -2.36. The molecule has 1 saturated heterocycles. The summed E-state index contributed by atoms with van der Waals surface area (Å²) in [6.45, 7) is 3.57. The van der Waals surface area contributed by atoms with E-state index in [9.17, 15) is 0 Å². The van der Waals surface area contributed by atoms with Crippen molar-refractivity contribution in [3.63, 3.8) is 0 Å². The molecule has 1 aliphatic heterocycles. The Bertz CT molecular complexity index is 986. The van der Waals surface area contributed by atoms with E-state index in [1.807, 2.05) is 0 Å². The third kappa shape index (κ3) is 3.72. The number of hydrogen-bond donors (Lipinski definition) is 2. The topological polar surface area (TPSA) is 43.5 Å². The van der Waals surface area contributed by atoms with Gasteiger partial charge in [-0.1, -0.05) is 0 Å². The van der Waals surface area contributed by atoms with Gasteiger partial charge in [0.1, 0.15) is 0 Å². The molecule has 2 heterocycles. The Labute approximate surface area is 172 Å². The molecular weight excluding hydrogens is 360 g/mol. The minimum absolute atomic E-state index is 0.630. The molecule has 152 valence electrons. The molecule has 2 N–H and O–H groups in total. The number of morpholine rings is 1. The van der Waals surface area contributed by atoms with Gasteiger partial charge in [0.2, 0.25) is 0 Å². The maximum Gasteiger partial charge on any atom is 0.0642 e. The number of rotatable bonds is 4. The molecular formula is C24H30N4O. The highest BCUT2D eigenvalue weighted by molar-refractivity contribution is 5.88. The van der Waals surface area contributed by atoms with Crippen molar-refractivity contribution in [3.8, 4) is 0 Å². The van der Waals surface area contributed by atoms with Crippen molar-refractivity contribution in [2.24, 2.45) is 0 Å². The van der Waals surface area contributed by atoms with Crippen molar-refractivity contribution in [1.82, 2.24) is 9.88 Å². The van der Waals surface area contributed by atoms with E-state index in [1.54, 1.807) is 0 Å². The highest BCUT2D eigenvalue weighted by Crippen LogP contribution is 2.33. The average molecular weight is 391 g/mol. The molecule has 5 heteroatoms. The fraction of sp³-hybridized carbons (Fsp3) is 0.417. The van der Waals surface area contributed by atoms with E-state index in [2.05, 4.69) is 76.7 Å². The molecule has 1 unspecified atom stereocenters. The quantitative estimate of drug-likeness (QED) is 0.702. The zero-order chi connectivity index (χ0) is 19.8. The minimum atomic E-state index is 0.630. The monoisotopic (exact) mass is 390 g/mol. The van der Waals surface area contributed by atoms with Crippen molar-refractivity contribution in [2.75, 3.05) is 50.6 Å². The second kappa shape index (κ2) is 7.73. The Balaban J connectivity index is 1.36. The maximum absolute atomic E-state index is 5.45. The largest absolute Gasteiger partial charge is 0.378 e. The summed E-state index contributed by atoms with van der Waals surface area (Å²) in [6.07, 6.45) is 3.49. The van der Waals surface area contributed by atoms with Crippen LogP contribution in [0, 0.1) is 0 Å². The van der Waals surface area contributed by atoms with E-state index in [-0.39, 0.29) is 0 Å². The normalized spacial score (nSPS) is 19.6. The third-order valence-electron chi connectivity index (χ3n) is 6.42. The molecule has 29 heavy (non-hydrogen) atoms. The number of anilines is 3. The van der Waals surface area contributed by atoms with Crippen LogP contribution in [0.4, 0.5) is 17.1 Å². The third-order valence-corrected chi connectivity index (χ3v) is 6.42. The first-order valence-electron chi connectivity index (χ1n) is 10.7. The molecule has 5 nitrogen and oxygen atoms in total. The van der Waals surface area contributed by atoms with Crippen LogP contribution in [0.1, 0.15) is 17.7 Å². The smallest absolute Gasteiger partial charge is 0.0642 e. The van der Waals surface area contributed by atoms with E-state index in [0.717, 1.165) is 50.5 Å². The van der Waals surface area contributed by atoms with Crippen LogP contribution >= 0.6 is 0 Å². The maximum atomic E-state index is 5.45. The number of benzene rings is 2. The lowest BCUT2D eigenvalue weighted by atomic mass is 9.91. The molecule has 0 radical (unpaired) electrons. The minimum Gasteiger partial charge on any atom is -0.378 e. The van der Waals surface area contributed by atoms with Crippen LogP contribution in [0.25, 0.3) is 10.9 Å². The molecule has 0 saturated carbocycles. The van der Waals surface area contributed by atoms with Gasteiger partial charge >= 0.3 is 0 Å². The number of aromatic nitrogens is 1. The second-order valence-electron chi connectivity index (χ2n) is 8.47. The Kier molecular flexibility index (Phi) is 4.94. The van der Waals surface area contributed by atoms with Gasteiger partial charge in [-0.05, 0) is 81.4 Å². The molecule has 5 rings (SSSR count). The zero-order valence-corrected chi connectivity index (χ0v) is 17.4. The molecule has 3 aromatic rings. The van der Waals surface area contributed by atoms with E-state index in [0.29, 0.717) is 6.04 Å². The van der Waals surface area contributed by atoms with Crippen LogP contribution in [0.5, 0.6) is 0 Å². The number of hydrogen-bond acceptors (Lipinski definition) is 4. The molecule has 1 atom stereocenters. The first-order valence-corrected chi connectivity index (χ1v) is 10.7. The Morgan fingerprint density at radius 3 is 2.55 bits per heavy atom. The molecule has 1 fully saturated rings. The molecule has 1 aliphatic carbocycles. The van der Waals surface area contributed by atoms with Crippen LogP contribution < -0.4 is 10.2 Å². The molecule has 0 amide bonds. The number of nitrogens with one attached hydrogen (secondary N) is 2. The van der Waals surface area contributed by atoms with E-state index in [1.165, 1.54) is 34.3 Å². The van der Waals surface area contributed by atoms with Crippen LogP contribution in [-0.4, -0.2) is 56.3 Å². The van der Waals surface area contributed by atoms with Crippen LogP contribution in [0.3, 0.4) is 0 Å². The van der Waals surface area contributed by atoms with Gasteiger partial charge in [0.15, 0.2) is 0 Å². The highest BCUT2D eigenvalue weighted by Gasteiger charge is 2.23. The molecule has 1 aromatic heterocycles. The summed E-state index contributed by atoms with van der Waals surface area (Å²) in [5, 5.41) is 4.95. The lowest BCUT2D eigenvalue weighted by Gasteiger charge is -2.29. The summed E-state index contributed by atoms with van der Waals surface area (Å²) in [5.41, 5.74) is 7.70. The Morgan fingerprint density at radius 2 is 1.79 bits per heavy atom. The standard InChI is InChI=1S/C24H30N4O/c1-27(2)20-8-10-24-22(16-20)21-15-18(5-9-23(21)26-24)25-17-3-6-19(7-4-17)28-11-13-29-14-12-28/h3-7,9,15,20,25-26H,8,10-14,16H2,1-2H3. The van der Waals surface area contributed by atoms with Gasteiger partial charge in [-0.15, -0.1) is 0 Å². The molecule has 0 bridgehead atoms. The summed E-state index contributed by atoms with van der Waals surface area (Å²) in [6, 6.07) is 16.1. The van der Waals surface area contributed by atoms with Crippen molar-refractivity contribution in [3.05, 3.63) is 53.7 Å². The van der Waals surface area contributed by atoms with E-state index in [4.69, 9.17) is 4.74 Å². The van der Waals surface area contributed by atoms with E-state index < -0.39 is 0 Å². The predicted octanol–water partition coefficient (Wildman–Crippen LogP) is 4.17. The van der Waals surface area contributed by atoms with Gasteiger partial charge in [-0.2, -0.15) is 0 Å². The van der Waals surface area contributed by atoms with Crippen LogP contribution in [0.2, 0.25) is 0 Å². The summed E-state index contributed by atoms with van der Waals surface area (Å²) in [5.74, 6) is 0. The molecule has 2 aromatic carbocycles. The summed E-state index contributed by atoms with van der Waals surface area (Å²) < 4.78 is 5.45. The number of aryl methyl sites for hydroxylation is 1. The van der Waals surface area contributed by atoms with E-state index >= 15 is 0 Å². The lowest BCUT2D eigenvalue weighted by molar-refractivity contribution is 0.122. The first kappa shape index (κ1) is 18.5. The van der Waals surface area contributed by atoms with Crippen LogP contribution in [0.15, 0.2) is 42.5 Å². The number of fused-ring (bicyclic) bond motifs is 3. The van der Waals surface area contributed by atoms with Crippen LogP contribution in [-0.2, 0) is 17.6 Å². The van der Waals surface area contributed by atoms with Crippen molar-refractivity contribution < 1.29 is 4.74 Å². The average Bonchev–Trinajstić information content (AvgIpc) is 3.12. The highest BCUT2D eigenvalue weighted by atomic mass is 16.5. The first-order chi connectivity index (χ1) is 14.2.